The van der Waals surface area contributed by atoms with Crippen molar-refractivity contribution in [3.05, 3.63) is 24.3 Å². The number of rotatable bonds is 2. The summed E-state index contributed by atoms with van der Waals surface area (Å²) in [6, 6.07) is 6.86. The summed E-state index contributed by atoms with van der Waals surface area (Å²) >= 11 is 0.990. The molecule has 0 fully saturated rings. The molecule has 0 aliphatic carbocycles. The zero-order valence-electron chi connectivity index (χ0n) is 7.95. The van der Waals surface area contributed by atoms with Gasteiger partial charge in [-0.2, -0.15) is 0 Å². The van der Waals surface area contributed by atoms with E-state index in [0.717, 1.165) is 11.8 Å². The Kier molecular flexibility index (Phi) is 2.66. The lowest BCUT2D eigenvalue weighted by Gasteiger charge is -2.18. The number of nitrogens with zero attached hydrogens (tertiary/aromatic N) is 1. The maximum atomic E-state index is 10.9. The highest BCUT2D eigenvalue weighted by Gasteiger charge is 2.34. The number of para-hydroxylation sites is 1. The quantitative estimate of drug-likeness (QED) is 0.811. The fourth-order valence-corrected chi connectivity index (χ4v) is 2.36. The molecule has 0 bridgehead atoms. The maximum Gasteiger partial charge on any atom is 0.352 e. The molecule has 1 aromatic rings. The predicted octanol–water partition coefficient (Wildman–Crippen LogP) is 1.40. The summed E-state index contributed by atoms with van der Waals surface area (Å²) in [7, 11) is 0. The Hall–Kier alpha value is -1.82. The van der Waals surface area contributed by atoms with Crippen LogP contribution >= 0.6 is 11.8 Å². The van der Waals surface area contributed by atoms with Gasteiger partial charge < -0.3 is 10.2 Å². The first-order chi connectivity index (χ1) is 7.59. The molecule has 1 aliphatic rings. The standard InChI is InChI=1S/C10H7NO4S/c12-9(13)7-8(10(14)15)16-6-4-2-1-3-5(6)11-7/h1-4,8H,(H,12,13)(H,14,15). The van der Waals surface area contributed by atoms with Gasteiger partial charge in [-0.25, -0.2) is 9.79 Å². The largest absolute Gasteiger partial charge is 0.480 e. The van der Waals surface area contributed by atoms with Crippen LogP contribution in [-0.4, -0.2) is 33.1 Å². The highest BCUT2D eigenvalue weighted by molar-refractivity contribution is 8.01. The molecule has 16 heavy (non-hydrogen) atoms. The lowest BCUT2D eigenvalue weighted by Crippen LogP contribution is -2.34. The molecule has 0 aromatic heterocycles. The van der Waals surface area contributed by atoms with E-state index in [4.69, 9.17) is 10.2 Å². The maximum absolute atomic E-state index is 10.9. The van der Waals surface area contributed by atoms with Crippen LogP contribution in [0, 0.1) is 0 Å². The molecule has 2 rings (SSSR count). The van der Waals surface area contributed by atoms with Crippen molar-refractivity contribution in [2.24, 2.45) is 4.99 Å². The van der Waals surface area contributed by atoms with Gasteiger partial charge in [-0.1, -0.05) is 12.1 Å². The third-order valence-corrected chi connectivity index (χ3v) is 3.30. The third-order valence-electron chi connectivity index (χ3n) is 2.04. The van der Waals surface area contributed by atoms with E-state index in [2.05, 4.69) is 4.99 Å². The number of benzene rings is 1. The van der Waals surface area contributed by atoms with Gasteiger partial charge in [0.2, 0.25) is 0 Å². The van der Waals surface area contributed by atoms with Crippen LogP contribution < -0.4 is 0 Å². The number of carboxylic acids is 2. The van der Waals surface area contributed by atoms with Crippen molar-refractivity contribution in [2.75, 3.05) is 0 Å². The second-order valence-corrected chi connectivity index (χ2v) is 4.25. The summed E-state index contributed by atoms with van der Waals surface area (Å²) < 4.78 is 0. The van der Waals surface area contributed by atoms with Crippen LogP contribution in [0.5, 0.6) is 0 Å². The van der Waals surface area contributed by atoms with E-state index in [1.807, 2.05) is 0 Å². The number of aliphatic carboxylic acids is 2. The Balaban J connectivity index is 2.51. The first kappa shape index (κ1) is 10.7. The Labute approximate surface area is 94.8 Å². The minimum Gasteiger partial charge on any atom is -0.480 e. The lowest BCUT2D eigenvalue weighted by atomic mass is 10.2. The van der Waals surface area contributed by atoms with Gasteiger partial charge in [0.15, 0.2) is 11.0 Å². The van der Waals surface area contributed by atoms with Crippen LogP contribution in [-0.2, 0) is 9.59 Å². The van der Waals surface area contributed by atoms with Crippen molar-refractivity contribution in [3.8, 4) is 0 Å². The first-order valence-electron chi connectivity index (χ1n) is 4.40. The molecule has 0 radical (unpaired) electrons. The minimum absolute atomic E-state index is 0.337. The molecule has 0 saturated heterocycles. The molecule has 1 aliphatic heterocycles. The Bertz CT molecular complexity index is 497. The normalized spacial score (nSPS) is 18.5. The fourth-order valence-electron chi connectivity index (χ4n) is 1.35. The molecule has 1 unspecified atom stereocenters. The summed E-state index contributed by atoms with van der Waals surface area (Å²) in [5.41, 5.74) is 0.165. The second-order valence-electron chi connectivity index (χ2n) is 3.11. The van der Waals surface area contributed by atoms with Crippen molar-refractivity contribution < 1.29 is 19.8 Å². The van der Waals surface area contributed by atoms with Crippen molar-refractivity contribution in [2.45, 2.75) is 10.1 Å². The Morgan fingerprint density at radius 3 is 2.56 bits per heavy atom. The van der Waals surface area contributed by atoms with Crippen LogP contribution in [0.4, 0.5) is 5.69 Å². The lowest BCUT2D eigenvalue weighted by molar-refractivity contribution is -0.136. The van der Waals surface area contributed by atoms with Crippen LogP contribution in [0.15, 0.2) is 34.2 Å². The van der Waals surface area contributed by atoms with Crippen LogP contribution in [0.25, 0.3) is 0 Å². The van der Waals surface area contributed by atoms with Crippen molar-refractivity contribution in [3.63, 3.8) is 0 Å². The van der Waals surface area contributed by atoms with Crippen molar-refractivity contribution in [1.82, 2.24) is 0 Å². The van der Waals surface area contributed by atoms with Gasteiger partial charge in [-0.05, 0) is 12.1 Å². The summed E-state index contributed by atoms with van der Waals surface area (Å²) in [5.74, 6) is -2.49. The number of fused-ring (bicyclic) bond motifs is 1. The summed E-state index contributed by atoms with van der Waals surface area (Å²) in [6.07, 6.45) is 0. The van der Waals surface area contributed by atoms with Gasteiger partial charge in [0.1, 0.15) is 0 Å². The Morgan fingerprint density at radius 1 is 1.25 bits per heavy atom. The van der Waals surface area contributed by atoms with E-state index < -0.39 is 17.2 Å². The summed E-state index contributed by atoms with van der Waals surface area (Å²) in [6.45, 7) is 0. The smallest absolute Gasteiger partial charge is 0.352 e. The van der Waals surface area contributed by atoms with E-state index in [1.165, 1.54) is 0 Å². The van der Waals surface area contributed by atoms with E-state index in [1.54, 1.807) is 24.3 Å². The second kappa shape index (κ2) is 3.97. The van der Waals surface area contributed by atoms with Gasteiger partial charge in [-0.3, -0.25) is 4.79 Å². The highest BCUT2D eigenvalue weighted by Crippen LogP contribution is 2.37. The third kappa shape index (κ3) is 1.79. The first-order valence-corrected chi connectivity index (χ1v) is 5.28. The number of thioether (sulfide) groups is 1. The monoisotopic (exact) mass is 237 g/mol. The molecule has 6 heteroatoms. The van der Waals surface area contributed by atoms with Gasteiger partial charge in [0, 0.05) is 4.90 Å². The van der Waals surface area contributed by atoms with Gasteiger partial charge in [0.05, 0.1) is 5.69 Å². The highest BCUT2D eigenvalue weighted by atomic mass is 32.2. The molecular formula is C10H7NO4S. The van der Waals surface area contributed by atoms with Gasteiger partial charge >= 0.3 is 11.9 Å². The predicted molar refractivity (Wildman–Crippen MR) is 58.5 cm³/mol. The van der Waals surface area contributed by atoms with Crippen LogP contribution in [0.2, 0.25) is 0 Å². The molecule has 1 heterocycles. The van der Waals surface area contributed by atoms with E-state index in [-0.39, 0.29) is 5.71 Å². The molecule has 2 N–H and O–H groups in total. The molecule has 0 spiro atoms. The number of hydrogen-bond donors (Lipinski definition) is 2. The van der Waals surface area contributed by atoms with Crippen LogP contribution in [0.3, 0.4) is 0 Å². The van der Waals surface area contributed by atoms with E-state index in [0.29, 0.717) is 10.6 Å². The molecule has 1 aromatic carbocycles. The van der Waals surface area contributed by atoms with E-state index >= 15 is 0 Å². The molecule has 5 nitrogen and oxygen atoms in total. The molecule has 0 amide bonds. The van der Waals surface area contributed by atoms with Crippen molar-refractivity contribution >= 4 is 35.1 Å². The topological polar surface area (TPSA) is 87.0 Å². The van der Waals surface area contributed by atoms with Gasteiger partial charge in [0.25, 0.3) is 0 Å². The summed E-state index contributed by atoms with van der Waals surface area (Å²) in [5, 5.41) is 16.6. The van der Waals surface area contributed by atoms with Crippen molar-refractivity contribution in [1.29, 1.82) is 0 Å². The fraction of sp³-hybridized carbons (Fsp3) is 0.100. The zero-order valence-corrected chi connectivity index (χ0v) is 8.77. The molecular weight excluding hydrogens is 230 g/mol. The summed E-state index contributed by atoms with van der Waals surface area (Å²) in [4.78, 5) is 26.3. The minimum atomic E-state index is -1.30. The van der Waals surface area contributed by atoms with E-state index in [9.17, 15) is 9.59 Å². The van der Waals surface area contributed by atoms with Crippen LogP contribution in [0.1, 0.15) is 0 Å². The zero-order chi connectivity index (χ0) is 11.7. The average Bonchev–Trinajstić information content (AvgIpc) is 2.27. The molecule has 1 atom stereocenters. The Morgan fingerprint density at radius 2 is 1.94 bits per heavy atom. The number of carbonyl (C=O) groups is 2. The molecule has 0 saturated carbocycles. The average molecular weight is 237 g/mol. The SMILES string of the molecule is O=C(O)C1=Nc2ccccc2SC1C(=O)O. The van der Waals surface area contributed by atoms with Gasteiger partial charge in [-0.15, -0.1) is 11.8 Å². The molecule has 82 valence electrons. The number of hydrogen-bond acceptors (Lipinski definition) is 4. The number of aliphatic imine (C=N–C) groups is 1. The number of carboxylic acid groups (broad SMARTS) is 2.